The Bertz CT molecular complexity index is 1610. The van der Waals surface area contributed by atoms with Gasteiger partial charge in [0.25, 0.3) is 0 Å². The van der Waals surface area contributed by atoms with E-state index >= 15 is 0 Å². The predicted molar refractivity (Wildman–Crippen MR) is 159 cm³/mol. The Hall–Kier alpha value is -5.37. The molecule has 0 heterocycles. The molecule has 0 aliphatic heterocycles. The second kappa shape index (κ2) is 13.1. The van der Waals surface area contributed by atoms with Crippen molar-refractivity contribution in [2.45, 2.75) is 27.7 Å². The van der Waals surface area contributed by atoms with Gasteiger partial charge in [-0.15, -0.1) is 0 Å². The minimum atomic E-state index is -0.495. The predicted octanol–water partition coefficient (Wildman–Crippen LogP) is 6.88. The first-order valence-electron chi connectivity index (χ1n) is 12.9. The monoisotopic (exact) mass is 547 g/mol. The number of carbonyl (C=O) groups is 3. The van der Waals surface area contributed by atoms with Gasteiger partial charge in [-0.3, -0.25) is 4.79 Å². The molecule has 0 aliphatic carbocycles. The Morgan fingerprint density at radius 1 is 0.659 bits per heavy atom. The van der Waals surface area contributed by atoms with E-state index in [0.29, 0.717) is 16.8 Å². The van der Waals surface area contributed by atoms with Gasteiger partial charge in [0.2, 0.25) is 0 Å². The SMILES string of the molecule is CC(=O)ON=C(C)c1ccc(N(c2ccc(/C=N\OC(C)=O)cc2)c2ccc(C(=O)c3cccc(C)c3)cc2)cc1. The molecule has 4 aromatic carbocycles. The van der Waals surface area contributed by atoms with Crippen LogP contribution in [0.3, 0.4) is 0 Å². The Balaban J connectivity index is 1.68. The van der Waals surface area contributed by atoms with Crippen molar-refractivity contribution in [3.05, 3.63) is 125 Å². The van der Waals surface area contributed by atoms with Crippen molar-refractivity contribution in [2.75, 3.05) is 4.90 Å². The average molecular weight is 548 g/mol. The molecule has 41 heavy (non-hydrogen) atoms. The average Bonchev–Trinajstić information content (AvgIpc) is 2.97. The summed E-state index contributed by atoms with van der Waals surface area (Å²) in [5, 5.41) is 7.54. The van der Waals surface area contributed by atoms with Gasteiger partial charge in [0.1, 0.15) is 0 Å². The van der Waals surface area contributed by atoms with Gasteiger partial charge in [0.05, 0.1) is 11.9 Å². The zero-order valence-electron chi connectivity index (χ0n) is 23.2. The summed E-state index contributed by atoms with van der Waals surface area (Å²) in [6.07, 6.45) is 1.46. The number of rotatable bonds is 9. The molecule has 4 aromatic rings. The van der Waals surface area contributed by atoms with Gasteiger partial charge in [-0.25, -0.2) is 9.59 Å². The van der Waals surface area contributed by atoms with Crippen molar-refractivity contribution >= 4 is 46.7 Å². The maximum absolute atomic E-state index is 13.1. The van der Waals surface area contributed by atoms with Crippen LogP contribution in [-0.4, -0.2) is 29.6 Å². The zero-order chi connectivity index (χ0) is 29.4. The van der Waals surface area contributed by atoms with Gasteiger partial charge in [0.15, 0.2) is 5.78 Å². The molecule has 0 aromatic heterocycles. The smallest absolute Gasteiger partial charge is 0.319 e. The van der Waals surface area contributed by atoms with Crippen molar-refractivity contribution in [1.82, 2.24) is 0 Å². The standard InChI is InChI=1S/C33H29N3O5/c1-22-6-5-7-29(20-22)33(39)28-12-18-32(19-13-28)36(30-14-8-26(9-15-30)21-34-40-24(3)37)31-16-10-27(11-17-31)23(2)35-41-25(4)38/h5-21H,1-4H3/b34-21-,35-23?. The number of anilines is 3. The van der Waals surface area contributed by atoms with Crippen molar-refractivity contribution in [3.8, 4) is 0 Å². The van der Waals surface area contributed by atoms with Crippen molar-refractivity contribution in [2.24, 2.45) is 10.3 Å². The highest BCUT2D eigenvalue weighted by molar-refractivity contribution is 6.09. The van der Waals surface area contributed by atoms with Crippen LogP contribution in [0, 0.1) is 6.92 Å². The third kappa shape index (κ3) is 7.60. The van der Waals surface area contributed by atoms with Crippen LogP contribution in [0.5, 0.6) is 0 Å². The van der Waals surface area contributed by atoms with E-state index in [2.05, 4.69) is 15.1 Å². The third-order valence-electron chi connectivity index (χ3n) is 6.06. The normalized spacial score (nSPS) is 11.3. The Labute approximate surface area is 238 Å². The van der Waals surface area contributed by atoms with Crippen LogP contribution in [0.4, 0.5) is 17.1 Å². The molecular formula is C33H29N3O5. The van der Waals surface area contributed by atoms with Gasteiger partial charge in [-0.05, 0) is 79.6 Å². The molecule has 0 fully saturated rings. The van der Waals surface area contributed by atoms with E-state index in [1.807, 2.05) is 109 Å². The molecule has 0 bridgehead atoms. The lowest BCUT2D eigenvalue weighted by molar-refractivity contribution is -0.141. The fourth-order valence-corrected chi connectivity index (χ4v) is 4.07. The summed E-state index contributed by atoms with van der Waals surface area (Å²) < 4.78 is 0. The minimum absolute atomic E-state index is 0.0462. The molecule has 0 aliphatic rings. The zero-order valence-corrected chi connectivity index (χ0v) is 23.2. The molecule has 8 heteroatoms. The second-order valence-corrected chi connectivity index (χ2v) is 9.30. The number of aryl methyl sites for hydroxylation is 1. The lowest BCUT2D eigenvalue weighted by Gasteiger charge is -2.26. The van der Waals surface area contributed by atoms with E-state index < -0.39 is 11.9 Å². The van der Waals surface area contributed by atoms with Gasteiger partial charge in [-0.1, -0.05) is 58.3 Å². The van der Waals surface area contributed by atoms with E-state index in [1.165, 1.54) is 20.1 Å². The molecule has 0 N–H and O–H groups in total. The van der Waals surface area contributed by atoms with E-state index in [4.69, 9.17) is 4.84 Å². The first-order chi connectivity index (χ1) is 19.7. The van der Waals surface area contributed by atoms with E-state index in [1.54, 1.807) is 6.92 Å². The van der Waals surface area contributed by atoms with Crippen LogP contribution in [-0.2, 0) is 19.3 Å². The van der Waals surface area contributed by atoms with E-state index in [9.17, 15) is 14.4 Å². The highest BCUT2D eigenvalue weighted by atomic mass is 16.7. The fraction of sp³-hybridized carbons (Fsp3) is 0.121. The van der Waals surface area contributed by atoms with Crippen LogP contribution < -0.4 is 4.90 Å². The molecule has 0 unspecified atom stereocenters. The van der Waals surface area contributed by atoms with Crippen molar-refractivity contribution in [1.29, 1.82) is 0 Å². The number of benzene rings is 4. The van der Waals surface area contributed by atoms with Crippen molar-refractivity contribution in [3.63, 3.8) is 0 Å². The Morgan fingerprint density at radius 2 is 1.20 bits per heavy atom. The fourth-order valence-electron chi connectivity index (χ4n) is 4.07. The van der Waals surface area contributed by atoms with Gasteiger partial charge in [-0.2, -0.15) is 0 Å². The molecule has 4 rings (SSSR count). The van der Waals surface area contributed by atoms with Crippen LogP contribution >= 0.6 is 0 Å². The number of hydrogen-bond donors (Lipinski definition) is 0. The highest BCUT2D eigenvalue weighted by Crippen LogP contribution is 2.35. The Kier molecular flexibility index (Phi) is 9.16. The summed E-state index contributed by atoms with van der Waals surface area (Å²) in [4.78, 5) is 46.7. The third-order valence-corrected chi connectivity index (χ3v) is 6.06. The molecule has 206 valence electrons. The number of hydrogen-bond acceptors (Lipinski definition) is 8. The van der Waals surface area contributed by atoms with Crippen LogP contribution in [0.25, 0.3) is 0 Å². The number of nitrogens with zero attached hydrogens (tertiary/aromatic N) is 3. The Morgan fingerprint density at radius 3 is 1.73 bits per heavy atom. The molecular weight excluding hydrogens is 518 g/mol. The molecule has 0 radical (unpaired) electrons. The number of carbonyl (C=O) groups excluding carboxylic acids is 3. The summed E-state index contributed by atoms with van der Waals surface area (Å²) in [6, 6.07) is 30.2. The topological polar surface area (TPSA) is 97.6 Å². The van der Waals surface area contributed by atoms with E-state index in [-0.39, 0.29) is 5.78 Å². The van der Waals surface area contributed by atoms with Crippen molar-refractivity contribution < 1.29 is 24.1 Å². The van der Waals surface area contributed by atoms with Gasteiger partial charge >= 0.3 is 11.9 Å². The summed E-state index contributed by atoms with van der Waals surface area (Å²) in [5.41, 5.74) is 6.91. The molecule has 0 saturated heterocycles. The summed E-state index contributed by atoms with van der Waals surface area (Å²) in [7, 11) is 0. The number of ketones is 1. The molecule has 0 saturated carbocycles. The maximum Gasteiger partial charge on any atom is 0.331 e. The lowest BCUT2D eigenvalue weighted by Crippen LogP contribution is -2.11. The minimum Gasteiger partial charge on any atom is -0.319 e. The number of oxime groups is 2. The molecule has 8 nitrogen and oxygen atoms in total. The summed E-state index contributed by atoms with van der Waals surface area (Å²) in [6.45, 7) is 6.30. The quantitative estimate of drug-likeness (QED) is 0.0981. The molecule has 0 amide bonds. The molecule has 0 spiro atoms. The molecule has 0 atom stereocenters. The van der Waals surface area contributed by atoms with Crippen LogP contribution in [0.15, 0.2) is 107 Å². The van der Waals surface area contributed by atoms with Gasteiger partial charge in [0, 0.05) is 42.0 Å². The second-order valence-electron chi connectivity index (χ2n) is 9.30. The van der Waals surface area contributed by atoms with Crippen LogP contribution in [0.2, 0.25) is 0 Å². The van der Waals surface area contributed by atoms with Crippen LogP contribution in [0.1, 0.15) is 53.4 Å². The largest absolute Gasteiger partial charge is 0.331 e. The van der Waals surface area contributed by atoms with Gasteiger partial charge < -0.3 is 14.6 Å². The first kappa shape index (κ1) is 28.6. The first-order valence-corrected chi connectivity index (χ1v) is 12.9. The van der Waals surface area contributed by atoms with E-state index in [0.717, 1.165) is 33.8 Å². The highest BCUT2D eigenvalue weighted by Gasteiger charge is 2.15. The lowest BCUT2D eigenvalue weighted by atomic mass is 10.0. The summed E-state index contributed by atoms with van der Waals surface area (Å²) >= 11 is 0. The maximum atomic E-state index is 13.1. The summed E-state index contributed by atoms with van der Waals surface area (Å²) in [5.74, 6) is -1.03.